The van der Waals surface area contributed by atoms with E-state index in [4.69, 9.17) is 4.98 Å². The van der Waals surface area contributed by atoms with Gasteiger partial charge in [0, 0.05) is 30.0 Å². The first-order valence-corrected chi connectivity index (χ1v) is 13.1. The summed E-state index contributed by atoms with van der Waals surface area (Å²) >= 11 is 1.50. The lowest BCUT2D eigenvalue weighted by molar-refractivity contribution is 0.00446. The van der Waals surface area contributed by atoms with Crippen molar-refractivity contribution in [1.82, 2.24) is 25.1 Å². The van der Waals surface area contributed by atoms with Crippen LogP contribution in [0.5, 0.6) is 0 Å². The molecule has 1 fully saturated rings. The Morgan fingerprint density at radius 1 is 1.13 bits per heavy atom. The average Bonchev–Trinajstić information content (AvgIpc) is 3.60. The molecule has 0 radical (unpaired) electrons. The lowest BCUT2D eigenvalue weighted by Gasteiger charge is -2.21. The summed E-state index contributed by atoms with van der Waals surface area (Å²) in [4.78, 5) is 14.1. The van der Waals surface area contributed by atoms with Crippen LogP contribution < -0.4 is 10.6 Å². The second kappa shape index (κ2) is 9.87. The zero-order valence-corrected chi connectivity index (χ0v) is 21.2. The number of hydrogen-bond acceptors (Lipinski definition) is 10. The number of H-pyrrole nitrogens is 1. The highest BCUT2D eigenvalue weighted by atomic mass is 32.1. The van der Waals surface area contributed by atoms with E-state index >= 15 is 0 Å². The van der Waals surface area contributed by atoms with E-state index in [1.54, 1.807) is 12.3 Å². The van der Waals surface area contributed by atoms with Crippen LogP contribution in [0.25, 0.3) is 31.7 Å². The zero-order chi connectivity index (χ0) is 26.4. The van der Waals surface area contributed by atoms with Crippen LogP contribution in [0.15, 0.2) is 42.6 Å². The molecular weight excluding hydrogens is 509 g/mol. The quantitative estimate of drug-likeness (QED) is 0.184. The van der Waals surface area contributed by atoms with Gasteiger partial charge < -0.3 is 26.0 Å². The topological polar surface area (TPSA) is 152 Å². The van der Waals surface area contributed by atoms with Gasteiger partial charge in [0.25, 0.3) is 0 Å². The number of aliphatic hydroxyl groups is 3. The van der Waals surface area contributed by atoms with E-state index in [0.29, 0.717) is 39.6 Å². The molecule has 2 aromatic carbocycles. The Labute approximate surface area is 220 Å². The van der Waals surface area contributed by atoms with E-state index in [-0.39, 0.29) is 24.9 Å². The van der Waals surface area contributed by atoms with Crippen LogP contribution in [-0.2, 0) is 6.54 Å². The van der Waals surface area contributed by atoms with Gasteiger partial charge >= 0.3 is 0 Å². The highest BCUT2D eigenvalue weighted by Crippen LogP contribution is 2.38. The van der Waals surface area contributed by atoms with E-state index in [1.807, 2.05) is 31.2 Å². The molecule has 0 amide bonds. The smallest absolute Gasteiger partial charge is 0.225 e. The Hall–Kier alpha value is -3.71. The summed E-state index contributed by atoms with van der Waals surface area (Å²) in [5.74, 6) is -0.128. The van der Waals surface area contributed by atoms with Crippen molar-refractivity contribution in [1.29, 1.82) is 0 Å². The normalized spacial score (nSPS) is 21.4. The minimum atomic E-state index is -1.09. The molecule has 6 rings (SSSR count). The van der Waals surface area contributed by atoms with Gasteiger partial charge in [-0.05, 0) is 37.6 Å². The van der Waals surface area contributed by atoms with Crippen LogP contribution >= 0.6 is 11.3 Å². The Morgan fingerprint density at radius 2 is 1.97 bits per heavy atom. The number of fused-ring (bicyclic) bond motifs is 2. The molecule has 3 heterocycles. The Morgan fingerprint density at radius 3 is 2.76 bits per heavy atom. The fourth-order valence-electron chi connectivity index (χ4n) is 4.94. The standard InChI is InChI=1S/C26H26FN7O3S/c1-12-21(25-32-17-4-2-3-5-20(17)38-25)24(31-19-7-15(11-35)22(36)23(19)37)33-26(30-12)28-9-13-6-14-10-29-34-18(14)8-16(13)27/h2-6,8,10,15,19,22-23,35-37H,7,9,11H2,1H3,(H,29,34)(H2,28,30,31,33). The number of aliphatic hydroxyl groups excluding tert-OH is 3. The van der Waals surface area contributed by atoms with Gasteiger partial charge in [-0.15, -0.1) is 11.3 Å². The van der Waals surface area contributed by atoms with Crippen molar-refractivity contribution in [2.24, 2.45) is 5.92 Å². The van der Waals surface area contributed by atoms with Gasteiger partial charge in [0.2, 0.25) is 5.95 Å². The number of anilines is 2. The highest BCUT2D eigenvalue weighted by Gasteiger charge is 2.41. The van der Waals surface area contributed by atoms with Gasteiger partial charge in [0.05, 0.1) is 45.3 Å². The van der Waals surface area contributed by atoms with Gasteiger partial charge in [-0.1, -0.05) is 12.1 Å². The van der Waals surface area contributed by atoms with Crippen molar-refractivity contribution < 1.29 is 19.7 Å². The van der Waals surface area contributed by atoms with Crippen molar-refractivity contribution in [2.45, 2.75) is 38.1 Å². The summed E-state index contributed by atoms with van der Waals surface area (Å²) in [5, 5.41) is 45.2. The van der Waals surface area contributed by atoms with Crippen LogP contribution in [-0.4, -0.2) is 65.3 Å². The fourth-order valence-corrected chi connectivity index (χ4v) is 6.00. The summed E-state index contributed by atoms with van der Waals surface area (Å²) in [6.07, 6.45) is -0.142. The van der Waals surface area contributed by atoms with Crippen molar-refractivity contribution >= 4 is 44.2 Å². The number of benzene rings is 2. The number of thiazole rings is 1. The molecule has 38 heavy (non-hydrogen) atoms. The third kappa shape index (κ3) is 4.45. The number of nitrogens with one attached hydrogen (secondary N) is 3. The maximum atomic E-state index is 14.6. The Kier molecular flexibility index (Phi) is 6.40. The zero-order valence-electron chi connectivity index (χ0n) is 20.4. The summed E-state index contributed by atoms with van der Waals surface area (Å²) in [7, 11) is 0. The Bertz CT molecular complexity index is 1590. The van der Waals surface area contributed by atoms with Crippen LogP contribution in [0.2, 0.25) is 0 Å². The second-order valence-corrected chi connectivity index (χ2v) is 10.5. The monoisotopic (exact) mass is 535 g/mol. The molecule has 4 atom stereocenters. The molecule has 0 spiro atoms. The van der Waals surface area contributed by atoms with Gasteiger partial charge in [0.15, 0.2) is 0 Å². The highest BCUT2D eigenvalue weighted by molar-refractivity contribution is 7.21. The molecule has 3 aromatic heterocycles. The molecule has 0 saturated heterocycles. The molecule has 0 aliphatic heterocycles. The molecule has 10 nitrogen and oxygen atoms in total. The molecule has 196 valence electrons. The number of aromatic nitrogens is 5. The number of hydrogen-bond donors (Lipinski definition) is 6. The first-order valence-electron chi connectivity index (χ1n) is 12.2. The molecule has 1 aliphatic rings. The SMILES string of the molecule is Cc1nc(NCc2cc3cn[nH]c3cc2F)nc(NC2CC(CO)C(O)C2O)c1-c1nc2ccccc2s1. The molecule has 6 N–H and O–H groups in total. The van der Waals surface area contributed by atoms with E-state index in [1.165, 1.54) is 17.4 Å². The Balaban J connectivity index is 1.36. The lowest BCUT2D eigenvalue weighted by Crippen LogP contribution is -2.35. The molecule has 5 aromatic rings. The van der Waals surface area contributed by atoms with Crippen LogP contribution in [0.3, 0.4) is 0 Å². The van der Waals surface area contributed by atoms with E-state index in [2.05, 4.69) is 30.8 Å². The number of para-hydroxylation sites is 1. The molecular formula is C26H26FN7O3S. The molecule has 4 unspecified atom stereocenters. The minimum Gasteiger partial charge on any atom is -0.396 e. The second-order valence-electron chi connectivity index (χ2n) is 9.51. The van der Waals surface area contributed by atoms with Crippen molar-refractivity contribution in [3.8, 4) is 10.6 Å². The molecule has 0 bridgehead atoms. The van der Waals surface area contributed by atoms with Crippen molar-refractivity contribution in [2.75, 3.05) is 17.2 Å². The summed E-state index contributed by atoms with van der Waals surface area (Å²) < 4.78 is 15.7. The largest absolute Gasteiger partial charge is 0.396 e. The first kappa shape index (κ1) is 24.6. The lowest BCUT2D eigenvalue weighted by atomic mass is 10.1. The predicted molar refractivity (Wildman–Crippen MR) is 143 cm³/mol. The van der Waals surface area contributed by atoms with Crippen LogP contribution in [0.1, 0.15) is 17.7 Å². The van der Waals surface area contributed by atoms with Gasteiger partial charge in [-0.25, -0.2) is 14.4 Å². The molecule has 1 aliphatic carbocycles. The fraction of sp³-hybridized carbons (Fsp3) is 0.308. The third-order valence-electron chi connectivity index (χ3n) is 7.00. The number of rotatable bonds is 7. The summed E-state index contributed by atoms with van der Waals surface area (Å²) in [6, 6.07) is 10.4. The number of nitrogens with zero attached hydrogens (tertiary/aromatic N) is 4. The first-order chi connectivity index (χ1) is 18.4. The maximum absolute atomic E-state index is 14.6. The minimum absolute atomic E-state index is 0.143. The molecule has 1 saturated carbocycles. The van der Waals surface area contributed by atoms with Gasteiger partial charge in [0.1, 0.15) is 22.7 Å². The van der Waals surface area contributed by atoms with Gasteiger partial charge in [-0.2, -0.15) is 10.1 Å². The predicted octanol–water partition coefficient (Wildman–Crippen LogP) is 3.20. The van der Waals surface area contributed by atoms with E-state index < -0.39 is 24.2 Å². The number of aryl methyl sites for hydroxylation is 1. The molecule has 12 heteroatoms. The summed E-state index contributed by atoms with van der Waals surface area (Å²) in [6.45, 7) is 1.75. The van der Waals surface area contributed by atoms with E-state index in [0.717, 1.165) is 15.6 Å². The van der Waals surface area contributed by atoms with Crippen molar-refractivity contribution in [3.05, 3.63) is 59.7 Å². The maximum Gasteiger partial charge on any atom is 0.225 e. The van der Waals surface area contributed by atoms with Gasteiger partial charge in [-0.3, -0.25) is 5.10 Å². The third-order valence-corrected chi connectivity index (χ3v) is 8.05. The average molecular weight is 536 g/mol. The number of halogens is 1. The summed E-state index contributed by atoms with van der Waals surface area (Å²) in [5.41, 5.74) is 3.22. The van der Waals surface area contributed by atoms with Crippen LogP contribution in [0, 0.1) is 18.7 Å². The van der Waals surface area contributed by atoms with Crippen LogP contribution in [0.4, 0.5) is 16.2 Å². The number of aromatic amines is 1. The van der Waals surface area contributed by atoms with Crippen molar-refractivity contribution in [3.63, 3.8) is 0 Å². The van der Waals surface area contributed by atoms with E-state index in [9.17, 15) is 19.7 Å².